The van der Waals surface area contributed by atoms with Crippen molar-refractivity contribution < 1.29 is 28.4 Å². The van der Waals surface area contributed by atoms with Gasteiger partial charge in [0.25, 0.3) is 5.79 Å². The van der Waals surface area contributed by atoms with Crippen molar-refractivity contribution in [1.82, 2.24) is 0 Å². The topological polar surface area (TPSA) is 55.4 Å². The minimum Gasteiger partial charge on any atom is -0.382 e. The van der Waals surface area contributed by atoms with E-state index in [0.29, 0.717) is 0 Å². The molecular weight excluding hydrogens is 340 g/mol. The SMILES string of the molecule is C#C[C@]1(OCC#C[Si](C)(C)C)O[C@H](COC)[C@@H](OC)[C@H](OC)[C@H]1OC. The van der Waals surface area contributed by atoms with Crippen molar-refractivity contribution in [3.05, 3.63) is 0 Å². The Kier molecular flexibility index (Phi) is 8.59. The predicted octanol–water partition coefficient (Wildman–Crippen LogP) is 1.30. The lowest BCUT2D eigenvalue weighted by molar-refractivity contribution is -0.344. The summed E-state index contributed by atoms with van der Waals surface area (Å²) in [6.45, 7) is 6.89. The fourth-order valence-corrected chi connectivity index (χ4v) is 3.41. The van der Waals surface area contributed by atoms with Gasteiger partial charge in [0.2, 0.25) is 0 Å². The summed E-state index contributed by atoms with van der Waals surface area (Å²) in [7, 11) is 4.77. The summed E-state index contributed by atoms with van der Waals surface area (Å²) in [6, 6.07) is 0. The summed E-state index contributed by atoms with van der Waals surface area (Å²) in [5, 5.41) is 0. The fourth-order valence-electron chi connectivity index (χ4n) is 2.80. The van der Waals surface area contributed by atoms with E-state index in [4.69, 9.17) is 34.8 Å². The van der Waals surface area contributed by atoms with Gasteiger partial charge in [0, 0.05) is 28.4 Å². The van der Waals surface area contributed by atoms with E-state index >= 15 is 0 Å². The zero-order chi connectivity index (χ0) is 19.1. The molecule has 0 amide bonds. The lowest BCUT2D eigenvalue weighted by Crippen LogP contribution is -2.67. The third-order valence-electron chi connectivity index (χ3n) is 3.84. The molecule has 5 atom stereocenters. The quantitative estimate of drug-likeness (QED) is 0.497. The molecule has 0 radical (unpaired) electrons. The molecule has 0 aromatic rings. The molecule has 0 aliphatic carbocycles. The molecular formula is C18H30O6Si. The van der Waals surface area contributed by atoms with Gasteiger partial charge >= 0.3 is 0 Å². The Bertz CT molecular complexity index is 514. The van der Waals surface area contributed by atoms with Crippen LogP contribution in [0.3, 0.4) is 0 Å². The molecule has 142 valence electrons. The van der Waals surface area contributed by atoms with E-state index in [9.17, 15) is 0 Å². The second-order valence-electron chi connectivity index (χ2n) is 6.82. The number of hydrogen-bond acceptors (Lipinski definition) is 6. The van der Waals surface area contributed by atoms with E-state index in [-0.39, 0.29) is 13.2 Å². The van der Waals surface area contributed by atoms with Crippen LogP contribution in [0.1, 0.15) is 0 Å². The van der Waals surface area contributed by atoms with Crippen LogP contribution in [0, 0.1) is 23.8 Å². The molecule has 25 heavy (non-hydrogen) atoms. The third kappa shape index (κ3) is 5.53. The second-order valence-corrected chi connectivity index (χ2v) is 11.6. The lowest BCUT2D eigenvalue weighted by atomic mass is 9.92. The average Bonchev–Trinajstić information content (AvgIpc) is 2.57. The first-order valence-electron chi connectivity index (χ1n) is 8.15. The van der Waals surface area contributed by atoms with Crippen LogP contribution in [-0.2, 0) is 28.4 Å². The molecule has 0 aromatic carbocycles. The van der Waals surface area contributed by atoms with Gasteiger partial charge in [-0.1, -0.05) is 25.6 Å². The molecule has 0 spiro atoms. The van der Waals surface area contributed by atoms with E-state index in [1.165, 1.54) is 7.11 Å². The molecule has 7 heteroatoms. The molecule has 0 bridgehead atoms. The average molecular weight is 371 g/mol. The van der Waals surface area contributed by atoms with Gasteiger partial charge in [-0.25, -0.2) is 0 Å². The van der Waals surface area contributed by atoms with Crippen LogP contribution in [0.15, 0.2) is 0 Å². The highest BCUT2D eigenvalue weighted by atomic mass is 28.3. The first-order chi connectivity index (χ1) is 11.8. The van der Waals surface area contributed by atoms with Crippen molar-refractivity contribution in [2.45, 2.75) is 49.8 Å². The summed E-state index contributed by atoms with van der Waals surface area (Å²) in [4.78, 5) is 0. The van der Waals surface area contributed by atoms with Crippen LogP contribution in [0.4, 0.5) is 0 Å². The maximum atomic E-state index is 6.07. The molecule has 0 aromatic heterocycles. The molecule has 6 nitrogen and oxygen atoms in total. The molecule has 0 N–H and O–H groups in total. The Morgan fingerprint density at radius 1 is 1.04 bits per heavy atom. The highest BCUT2D eigenvalue weighted by Crippen LogP contribution is 2.35. The van der Waals surface area contributed by atoms with Crippen molar-refractivity contribution in [2.24, 2.45) is 0 Å². The van der Waals surface area contributed by atoms with Gasteiger partial charge in [-0.2, -0.15) is 0 Å². The molecule has 0 saturated carbocycles. The third-order valence-corrected chi connectivity index (χ3v) is 4.77. The molecule has 1 aliphatic rings. The Morgan fingerprint density at radius 3 is 2.12 bits per heavy atom. The minimum atomic E-state index is -1.50. The summed E-state index contributed by atoms with van der Waals surface area (Å²) < 4.78 is 33.9. The highest BCUT2D eigenvalue weighted by Gasteiger charge is 2.56. The minimum absolute atomic E-state index is 0.141. The molecule has 1 fully saturated rings. The predicted molar refractivity (Wildman–Crippen MR) is 97.8 cm³/mol. The van der Waals surface area contributed by atoms with Crippen molar-refractivity contribution in [1.29, 1.82) is 0 Å². The van der Waals surface area contributed by atoms with E-state index in [1.807, 2.05) is 0 Å². The van der Waals surface area contributed by atoms with E-state index < -0.39 is 38.3 Å². The smallest absolute Gasteiger partial charge is 0.264 e. The number of methoxy groups -OCH3 is 4. The van der Waals surface area contributed by atoms with Gasteiger partial charge in [-0.15, -0.1) is 12.0 Å². The maximum Gasteiger partial charge on any atom is 0.264 e. The summed E-state index contributed by atoms with van der Waals surface area (Å²) in [5.41, 5.74) is 3.24. The van der Waals surface area contributed by atoms with Gasteiger partial charge < -0.3 is 28.4 Å². The number of ether oxygens (including phenoxy) is 6. The molecule has 1 aliphatic heterocycles. The highest BCUT2D eigenvalue weighted by molar-refractivity contribution is 6.83. The monoisotopic (exact) mass is 370 g/mol. The summed E-state index contributed by atoms with van der Waals surface area (Å²) >= 11 is 0. The largest absolute Gasteiger partial charge is 0.382 e. The normalized spacial score (nSPS) is 32.6. The molecule has 1 saturated heterocycles. The number of rotatable bonds is 7. The standard InChI is InChI=1S/C18H30O6Si/c1-9-18(23-11-10-12-25(6,7)8)17(22-5)16(21-4)15(20-3)14(24-18)13-19-2/h1,14-17H,11,13H2,2-8H3/t14-,15-,16+,17-,18+/m1/s1. The van der Waals surface area contributed by atoms with Gasteiger partial charge in [0.15, 0.2) is 6.10 Å². The zero-order valence-electron chi connectivity index (χ0n) is 16.3. The Labute approximate surface area is 152 Å². The first-order valence-corrected chi connectivity index (χ1v) is 11.7. The summed E-state index contributed by atoms with van der Waals surface area (Å²) in [5.74, 6) is 4.20. The van der Waals surface area contributed by atoms with Crippen LogP contribution in [-0.4, -0.2) is 79.9 Å². The van der Waals surface area contributed by atoms with Crippen molar-refractivity contribution in [3.63, 3.8) is 0 Å². The maximum absolute atomic E-state index is 6.07. The van der Waals surface area contributed by atoms with E-state index in [0.717, 1.165) is 0 Å². The number of hydrogen-bond donors (Lipinski definition) is 0. The van der Waals surface area contributed by atoms with Crippen LogP contribution in [0.5, 0.6) is 0 Å². The van der Waals surface area contributed by atoms with Gasteiger partial charge in [0.05, 0.1) is 6.61 Å². The fraction of sp³-hybridized carbons (Fsp3) is 0.778. The summed E-state index contributed by atoms with van der Waals surface area (Å²) in [6.07, 6.45) is 3.75. The van der Waals surface area contributed by atoms with Crippen LogP contribution >= 0.6 is 0 Å². The number of terminal acetylenes is 1. The van der Waals surface area contributed by atoms with Crippen LogP contribution in [0.2, 0.25) is 19.6 Å². The Hall–Kier alpha value is -0.903. The van der Waals surface area contributed by atoms with Crippen molar-refractivity contribution in [3.8, 4) is 23.8 Å². The van der Waals surface area contributed by atoms with E-state index in [2.05, 4.69) is 37.0 Å². The Balaban J connectivity index is 3.11. The lowest BCUT2D eigenvalue weighted by Gasteiger charge is -2.48. The first kappa shape index (κ1) is 22.1. The van der Waals surface area contributed by atoms with Crippen LogP contribution < -0.4 is 0 Å². The second kappa shape index (κ2) is 9.70. The molecule has 0 unspecified atom stereocenters. The zero-order valence-corrected chi connectivity index (χ0v) is 17.3. The molecule has 1 rings (SSSR count). The van der Waals surface area contributed by atoms with Crippen LogP contribution in [0.25, 0.3) is 0 Å². The van der Waals surface area contributed by atoms with Gasteiger partial charge in [-0.05, 0) is 5.92 Å². The van der Waals surface area contributed by atoms with Gasteiger partial charge in [0.1, 0.15) is 33.0 Å². The molecule has 1 heterocycles. The van der Waals surface area contributed by atoms with Crippen molar-refractivity contribution >= 4 is 8.07 Å². The van der Waals surface area contributed by atoms with Crippen molar-refractivity contribution in [2.75, 3.05) is 41.7 Å². The van der Waals surface area contributed by atoms with Gasteiger partial charge in [-0.3, -0.25) is 0 Å². The van der Waals surface area contributed by atoms with E-state index in [1.54, 1.807) is 21.3 Å². The Morgan fingerprint density at radius 2 is 1.68 bits per heavy atom.